The van der Waals surface area contributed by atoms with E-state index in [2.05, 4.69) is 49.0 Å². The van der Waals surface area contributed by atoms with E-state index in [1.54, 1.807) is 11.3 Å². The van der Waals surface area contributed by atoms with E-state index in [4.69, 9.17) is 4.74 Å². The Morgan fingerprint density at radius 3 is 2.46 bits per heavy atom. The lowest BCUT2D eigenvalue weighted by atomic mass is 9.99. The van der Waals surface area contributed by atoms with Crippen LogP contribution in [0.5, 0.6) is 5.75 Å². The Balaban J connectivity index is 1.84. The molecule has 0 aliphatic heterocycles. The fourth-order valence-corrected chi connectivity index (χ4v) is 4.01. The summed E-state index contributed by atoms with van der Waals surface area (Å²) in [5.41, 5.74) is 2.29. The molecule has 0 aliphatic rings. The molecule has 0 saturated carbocycles. The first-order chi connectivity index (χ1) is 11.8. The quantitative estimate of drug-likeness (QED) is 0.269. The van der Waals surface area contributed by atoms with Crippen molar-refractivity contribution in [1.82, 2.24) is 0 Å². The minimum atomic E-state index is -0.450. The smallest absolute Gasteiger partial charge is 0.335 e. The lowest BCUT2D eigenvalue weighted by Crippen LogP contribution is -2.02. The third-order valence-electron chi connectivity index (χ3n) is 3.95. The molecule has 1 heterocycles. The molecule has 24 heavy (non-hydrogen) atoms. The maximum atomic E-state index is 11.3. The maximum Gasteiger partial charge on any atom is 0.335 e. The number of benzene rings is 3. The molecule has 3 heteroatoms. The van der Waals surface area contributed by atoms with Gasteiger partial charge in [0.25, 0.3) is 0 Å². The number of fused-ring (bicyclic) bond motifs is 3. The second kappa shape index (κ2) is 5.95. The van der Waals surface area contributed by atoms with E-state index in [-0.39, 0.29) is 0 Å². The first kappa shape index (κ1) is 14.7. The van der Waals surface area contributed by atoms with Crippen molar-refractivity contribution in [3.63, 3.8) is 0 Å². The standard InChI is InChI=1S/C21H14O2S/c1-2-20(22)23-15-12-10-14(11-13-15)16-7-5-9-19-21(16)17-6-3-4-8-18(17)24-19/h2-13H,1H2. The third kappa shape index (κ3) is 2.49. The van der Waals surface area contributed by atoms with E-state index >= 15 is 0 Å². The topological polar surface area (TPSA) is 26.3 Å². The molecule has 4 rings (SSSR count). The predicted molar refractivity (Wildman–Crippen MR) is 101 cm³/mol. The van der Waals surface area contributed by atoms with Gasteiger partial charge in [0.1, 0.15) is 5.75 Å². The van der Waals surface area contributed by atoms with Crippen LogP contribution >= 0.6 is 11.3 Å². The minimum Gasteiger partial charge on any atom is -0.423 e. The summed E-state index contributed by atoms with van der Waals surface area (Å²) in [6, 6.07) is 22.4. The van der Waals surface area contributed by atoms with Gasteiger partial charge >= 0.3 is 5.97 Å². The van der Waals surface area contributed by atoms with Crippen molar-refractivity contribution in [2.24, 2.45) is 0 Å². The molecular weight excluding hydrogens is 316 g/mol. The molecule has 116 valence electrons. The lowest BCUT2D eigenvalue weighted by Gasteiger charge is -2.06. The summed E-state index contributed by atoms with van der Waals surface area (Å²) in [6.45, 7) is 3.41. The molecule has 0 N–H and O–H groups in total. The molecule has 0 saturated heterocycles. The second-order valence-electron chi connectivity index (χ2n) is 5.43. The monoisotopic (exact) mass is 330 g/mol. The largest absolute Gasteiger partial charge is 0.423 e. The maximum absolute atomic E-state index is 11.3. The van der Waals surface area contributed by atoms with Gasteiger partial charge in [-0.3, -0.25) is 0 Å². The van der Waals surface area contributed by atoms with Gasteiger partial charge < -0.3 is 4.74 Å². The molecule has 0 aliphatic carbocycles. The van der Waals surface area contributed by atoms with Gasteiger partial charge in [-0.2, -0.15) is 0 Å². The molecule has 1 aromatic heterocycles. The molecule has 0 amide bonds. The Labute approximate surface area is 143 Å². The van der Waals surface area contributed by atoms with Crippen LogP contribution in [0.1, 0.15) is 0 Å². The van der Waals surface area contributed by atoms with Crippen LogP contribution in [0.15, 0.2) is 79.4 Å². The van der Waals surface area contributed by atoms with Crippen molar-refractivity contribution < 1.29 is 9.53 Å². The average Bonchev–Trinajstić information content (AvgIpc) is 3.01. The highest BCUT2D eigenvalue weighted by atomic mass is 32.1. The highest BCUT2D eigenvalue weighted by Gasteiger charge is 2.10. The van der Waals surface area contributed by atoms with Crippen LogP contribution in [-0.2, 0) is 4.79 Å². The highest BCUT2D eigenvalue weighted by molar-refractivity contribution is 7.25. The predicted octanol–water partition coefficient (Wildman–Crippen LogP) is 5.81. The molecule has 2 nitrogen and oxygen atoms in total. The van der Waals surface area contributed by atoms with Gasteiger partial charge in [0.15, 0.2) is 0 Å². The van der Waals surface area contributed by atoms with Gasteiger partial charge in [-0.1, -0.05) is 49.0 Å². The second-order valence-corrected chi connectivity index (χ2v) is 6.51. The molecular formula is C21H14O2S. The number of carbonyl (C=O) groups is 1. The number of carbonyl (C=O) groups excluding carboxylic acids is 1. The van der Waals surface area contributed by atoms with Gasteiger partial charge in [-0.05, 0) is 35.4 Å². The Bertz CT molecular complexity index is 1060. The van der Waals surface area contributed by atoms with Gasteiger partial charge in [0.05, 0.1) is 0 Å². The van der Waals surface area contributed by atoms with Crippen molar-refractivity contribution in [2.75, 3.05) is 0 Å². The number of hydrogen-bond acceptors (Lipinski definition) is 3. The van der Waals surface area contributed by atoms with Crippen LogP contribution in [0.2, 0.25) is 0 Å². The van der Waals surface area contributed by atoms with Crippen molar-refractivity contribution >= 4 is 37.5 Å². The van der Waals surface area contributed by atoms with E-state index in [0.717, 1.165) is 11.6 Å². The van der Waals surface area contributed by atoms with Crippen LogP contribution in [0.3, 0.4) is 0 Å². The molecule has 0 fully saturated rings. The normalized spacial score (nSPS) is 10.8. The SMILES string of the molecule is C=CC(=O)Oc1ccc(-c2cccc3sc4ccccc4c23)cc1. The van der Waals surface area contributed by atoms with Gasteiger partial charge in [-0.25, -0.2) is 4.79 Å². The van der Waals surface area contributed by atoms with Crippen LogP contribution in [0.4, 0.5) is 0 Å². The van der Waals surface area contributed by atoms with Crippen LogP contribution in [0, 0.1) is 0 Å². The zero-order valence-corrected chi connectivity index (χ0v) is 13.7. The molecule has 0 radical (unpaired) electrons. The van der Waals surface area contributed by atoms with Crippen LogP contribution < -0.4 is 4.74 Å². The molecule has 0 atom stereocenters. The molecule has 0 bridgehead atoms. The first-order valence-electron chi connectivity index (χ1n) is 7.61. The Hall–Kier alpha value is -2.91. The van der Waals surface area contributed by atoms with E-state index in [1.807, 2.05) is 24.3 Å². The lowest BCUT2D eigenvalue weighted by molar-refractivity contribution is -0.128. The highest BCUT2D eigenvalue weighted by Crippen LogP contribution is 2.39. The Kier molecular flexibility index (Phi) is 3.63. The first-order valence-corrected chi connectivity index (χ1v) is 8.43. The zero-order chi connectivity index (χ0) is 16.5. The van der Waals surface area contributed by atoms with Crippen molar-refractivity contribution in [2.45, 2.75) is 0 Å². The van der Waals surface area contributed by atoms with Crippen molar-refractivity contribution in [1.29, 1.82) is 0 Å². The Morgan fingerprint density at radius 2 is 1.67 bits per heavy atom. The summed E-state index contributed by atoms with van der Waals surface area (Å²) in [7, 11) is 0. The molecule has 0 unspecified atom stereocenters. The summed E-state index contributed by atoms with van der Waals surface area (Å²) in [5, 5.41) is 2.55. The average molecular weight is 330 g/mol. The summed E-state index contributed by atoms with van der Waals surface area (Å²) in [4.78, 5) is 11.3. The number of thiophene rings is 1. The van der Waals surface area contributed by atoms with Gasteiger partial charge in [0, 0.05) is 26.2 Å². The summed E-state index contributed by atoms with van der Waals surface area (Å²) in [5.74, 6) is 0.0691. The fourth-order valence-electron chi connectivity index (χ4n) is 2.88. The Morgan fingerprint density at radius 1 is 0.917 bits per heavy atom. The van der Waals surface area contributed by atoms with Crippen LogP contribution in [0.25, 0.3) is 31.3 Å². The summed E-state index contributed by atoms with van der Waals surface area (Å²) >= 11 is 1.80. The summed E-state index contributed by atoms with van der Waals surface area (Å²) in [6.07, 6.45) is 1.16. The third-order valence-corrected chi connectivity index (χ3v) is 5.09. The number of hydrogen-bond donors (Lipinski definition) is 0. The van der Waals surface area contributed by atoms with E-state index in [0.29, 0.717) is 5.75 Å². The van der Waals surface area contributed by atoms with E-state index in [1.165, 1.54) is 25.7 Å². The van der Waals surface area contributed by atoms with Crippen LogP contribution in [-0.4, -0.2) is 5.97 Å². The zero-order valence-electron chi connectivity index (χ0n) is 12.9. The summed E-state index contributed by atoms with van der Waals surface area (Å²) < 4.78 is 7.70. The molecule has 3 aromatic carbocycles. The number of ether oxygens (including phenoxy) is 1. The molecule has 0 spiro atoms. The van der Waals surface area contributed by atoms with E-state index < -0.39 is 5.97 Å². The minimum absolute atomic E-state index is 0.450. The van der Waals surface area contributed by atoms with Gasteiger partial charge in [-0.15, -0.1) is 11.3 Å². The molecule has 4 aromatic rings. The van der Waals surface area contributed by atoms with E-state index in [9.17, 15) is 4.79 Å². The van der Waals surface area contributed by atoms with Crippen molar-refractivity contribution in [3.8, 4) is 16.9 Å². The number of rotatable bonds is 3. The fraction of sp³-hybridized carbons (Fsp3) is 0. The van der Waals surface area contributed by atoms with Gasteiger partial charge in [0.2, 0.25) is 0 Å². The van der Waals surface area contributed by atoms with Crippen molar-refractivity contribution in [3.05, 3.63) is 79.4 Å². The number of esters is 1.